The van der Waals surface area contributed by atoms with Gasteiger partial charge < -0.3 is 10.1 Å². The first-order valence-electron chi connectivity index (χ1n) is 10.7. The first kappa shape index (κ1) is 21.1. The minimum atomic E-state index is -1.48. The van der Waals surface area contributed by atoms with E-state index in [9.17, 15) is 19.3 Å². The highest BCUT2D eigenvalue weighted by Crippen LogP contribution is 2.50. The van der Waals surface area contributed by atoms with Crippen molar-refractivity contribution in [2.75, 3.05) is 5.32 Å². The topological polar surface area (TPSA) is 93.5 Å². The highest BCUT2D eigenvalue weighted by Gasteiger charge is 2.67. The zero-order valence-corrected chi connectivity index (χ0v) is 17.8. The van der Waals surface area contributed by atoms with Gasteiger partial charge in [-0.3, -0.25) is 20.2 Å². The van der Waals surface area contributed by atoms with Gasteiger partial charge in [0.05, 0.1) is 5.92 Å². The van der Waals surface area contributed by atoms with Crippen LogP contribution in [0.25, 0.3) is 0 Å². The van der Waals surface area contributed by atoms with Gasteiger partial charge in [-0.1, -0.05) is 48.5 Å². The van der Waals surface area contributed by atoms with Crippen molar-refractivity contribution < 1.29 is 18.8 Å². The molecule has 0 aliphatic carbocycles. The zero-order chi connectivity index (χ0) is 23.2. The number of amides is 1. The molecule has 3 aromatic carbocycles. The van der Waals surface area contributed by atoms with Crippen LogP contribution in [0.4, 0.5) is 10.1 Å². The second kappa shape index (κ2) is 7.97. The molecule has 2 heterocycles. The van der Waals surface area contributed by atoms with Crippen molar-refractivity contribution in [2.24, 2.45) is 0 Å². The van der Waals surface area contributed by atoms with Gasteiger partial charge in [-0.05, 0) is 36.8 Å². The number of benzene rings is 3. The number of hydrogen-bond donors (Lipinski definition) is 2. The molecule has 1 fully saturated rings. The van der Waals surface area contributed by atoms with Gasteiger partial charge in [-0.25, -0.2) is 4.39 Å². The summed E-state index contributed by atoms with van der Waals surface area (Å²) in [5, 5.41) is 18.6. The van der Waals surface area contributed by atoms with Crippen molar-refractivity contribution in [1.29, 1.82) is 0 Å². The number of anilines is 1. The zero-order valence-electron chi connectivity index (χ0n) is 17.8. The summed E-state index contributed by atoms with van der Waals surface area (Å²) >= 11 is 0. The molecule has 2 N–H and O–H groups in total. The fourth-order valence-corrected chi connectivity index (χ4v) is 5.15. The van der Waals surface area contributed by atoms with E-state index in [1.807, 2.05) is 6.92 Å². The van der Waals surface area contributed by atoms with Crippen LogP contribution < -0.4 is 15.4 Å². The number of carbonyl (C=O) groups is 1. The Hall–Kier alpha value is -3.78. The molecule has 2 aliphatic heterocycles. The van der Waals surface area contributed by atoms with E-state index in [-0.39, 0.29) is 23.4 Å². The molecule has 0 saturated carbocycles. The molecule has 0 bridgehead atoms. The molecule has 1 saturated heterocycles. The summed E-state index contributed by atoms with van der Waals surface area (Å²) in [6, 6.07) is 18.6. The van der Waals surface area contributed by atoms with Gasteiger partial charge in [-0.2, -0.15) is 0 Å². The molecule has 4 atom stereocenters. The van der Waals surface area contributed by atoms with Crippen LogP contribution >= 0.6 is 0 Å². The SMILES string of the molecule is C[C@@H]1N[C@]2(C(=O)Nc3ccccc32)[C@@H]([N+](=O)[O-])[C@H]1c1ccccc1OCc1ccc(F)cc1. The van der Waals surface area contributed by atoms with Crippen LogP contribution in [0.5, 0.6) is 5.75 Å². The maximum Gasteiger partial charge on any atom is 0.256 e. The lowest BCUT2D eigenvalue weighted by molar-refractivity contribution is -0.532. The van der Waals surface area contributed by atoms with Gasteiger partial charge in [-0.15, -0.1) is 0 Å². The van der Waals surface area contributed by atoms with E-state index < -0.39 is 23.4 Å². The molecule has 33 heavy (non-hydrogen) atoms. The second-order valence-electron chi connectivity index (χ2n) is 8.45. The van der Waals surface area contributed by atoms with Gasteiger partial charge in [0.25, 0.3) is 11.9 Å². The molecule has 1 spiro atoms. The smallest absolute Gasteiger partial charge is 0.256 e. The van der Waals surface area contributed by atoms with E-state index >= 15 is 0 Å². The van der Waals surface area contributed by atoms with Gasteiger partial charge in [0.15, 0.2) is 5.54 Å². The van der Waals surface area contributed by atoms with E-state index in [1.54, 1.807) is 60.7 Å². The predicted molar refractivity (Wildman–Crippen MR) is 120 cm³/mol. The van der Waals surface area contributed by atoms with E-state index in [0.29, 0.717) is 22.6 Å². The Labute approximate surface area is 189 Å². The van der Waals surface area contributed by atoms with Gasteiger partial charge in [0, 0.05) is 27.8 Å². The molecule has 1 amide bonds. The number of hydrogen-bond acceptors (Lipinski definition) is 5. The van der Waals surface area contributed by atoms with E-state index in [1.165, 1.54) is 12.1 Å². The van der Waals surface area contributed by atoms with E-state index in [0.717, 1.165) is 5.56 Å². The van der Waals surface area contributed by atoms with Crippen LogP contribution in [0.3, 0.4) is 0 Å². The second-order valence-corrected chi connectivity index (χ2v) is 8.45. The number of fused-ring (bicyclic) bond motifs is 2. The molecular formula is C25H22FN3O4. The lowest BCUT2D eigenvalue weighted by Gasteiger charge is -2.26. The maximum absolute atomic E-state index is 13.2. The molecule has 8 heteroatoms. The number of ether oxygens (including phenoxy) is 1. The average molecular weight is 447 g/mol. The third-order valence-electron chi connectivity index (χ3n) is 6.55. The largest absolute Gasteiger partial charge is 0.489 e. The summed E-state index contributed by atoms with van der Waals surface area (Å²) in [6.07, 6.45) is 0. The summed E-state index contributed by atoms with van der Waals surface area (Å²) in [7, 11) is 0. The summed E-state index contributed by atoms with van der Waals surface area (Å²) in [5.74, 6) is -0.888. The Balaban J connectivity index is 1.54. The number of para-hydroxylation sites is 2. The Morgan fingerprint density at radius 1 is 1.06 bits per heavy atom. The molecule has 0 aromatic heterocycles. The van der Waals surface area contributed by atoms with Gasteiger partial charge >= 0.3 is 0 Å². The first-order valence-corrected chi connectivity index (χ1v) is 10.7. The van der Waals surface area contributed by atoms with Crippen LogP contribution in [-0.4, -0.2) is 22.9 Å². The van der Waals surface area contributed by atoms with Crippen molar-refractivity contribution in [2.45, 2.75) is 37.1 Å². The summed E-state index contributed by atoms with van der Waals surface area (Å²) in [4.78, 5) is 25.3. The van der Waals surface area contributed by atoms with Crippen LogP contribution in [0.1, 0.15) is 29.5 Å². The maximum atomic E-state index is 13.2. The number of halogens is 1. The van der Waals surface area contributed by atoms with Crippen molar-refractivity contribution >= 4 is 11.6 Å². The highest BCUT2D eigenvalue weighted by molar-refractivity contribution is 6.07. The molecule has 7 nitrogen and oxygen atoms in total. The fraction of sp³-hybridized carbons (Fsp3) is 0.240. The predicted octanol–water partition coefficient (Wildman–Crippen LogP) is 3.97. The minimum absolute atomic E-state index is 0.184. The monoisotopic (exact) mass is 447 g/mol. The third kappa shape index (κ3) is 3.34. The Morgan fingerprint density at radius 2 is 1.76 bits per heavy atom. The third-order valence-corrected chi connectivity index (χ3v) is 6.55. The fourth-order valence-electron chi connectivity index (χ4n) is 5.15. The molecular weight excluding hydrogens is 425 g/mol. The van der Waals surface area contributed by atoms with Crippen molar-refractivity contribution in [3.8, 4) is 5.75 Å². The number of carbonyl (C=O) groups excluding carboxylic acids is 1. The standard InChI is InChI=1S/C25H22FN3O4/c1-15-22(18-6-2-5-9-21(18)33-14-16-10-12-17(26)13-11-16)23(29(31)32)25(28-15)19-7-3-4-8-20(19)27-24(25)30/h2-13,15,22-23,28H,14H2,1H3,(H,27,30)/t15-,22+,23-,25-/m0/s1. The minimum Gasteiger partial charge on any atom is -0.489 e. The summed E-state index contributed by atoms with van der Waals surface area (Å²) in [6.45, 7) is 2.03. The summed E-state index contributed by atoms with van der Waals surface area (Å²) in [5.41, 5.74) is 1.10. The molecule has 3 aromatic rings. The van der Waals surface area contributed by atoms with Crippen molar-refractivity contribution in [3.05, 3.63) is 105 Å². The normalized spacial score (nSPS) is 25.6. The molecule has 2 aliphatic rings. The van der Waals surface area contributed by atoms with Crippen molar-refractivity contribution in [3.63, 3.8) is 0 Å². The molecule has 168 valence electrons. The van der Waals surface area contributed by atoms with E-state index in [4.69, 9.17) is 4.74 Å². The number of nitrogens with one attached hydrogen (secondary N) is 2. The van der Waals surface area contributed by atoms with Crippen LogP contribution in [-0.2, 0) is 16.9 Å². The summed E-state index contributed by atoms with van der Waals surface area (Å²) < 4.78 is 19.2. The number of nitrogens with zero attached hydrogens (tertiary/aromatic N) is 1. The highest BCUT2D eigenvalue weighted by atomic mass is 19.1. The molecule has 5 rings (SSSR count). The van der Waals surface area contributed by atoms with E-state index in [2.05, 4.69) is 10.6 Å². The first-order chi connectivity index (χ1) is 15.9. The average Bonchev–Trinajstić information content (AvgIpc) is 3.27. The van der Waals surface area contributed by atoms with Crippen LogP contribution in [0.2, 0.25) is 0 Å². The molecule has 0 radical (unpaired) electrons. The Kier molecular flexibility index (Phi) is 5.09. The Bertz CT molecular complexity index is 1230. The lowest BCUT2D eigenvalue weighted by atomic mass is 9.78. The number of rotatable bonds is 5. The van der Waals surface area contributed by atoms with Gasteiger partial charge in [0.2, 0.25) is 0 Å². The van der Waals surface area contributed by atoms with Crippen LogP contribution in [0, 0.1) is 15.9 Å². The molecule has 0 unspecified atom stereocenters. The van der Waals surface area contributed by atoms with Crippen molar-refractivity contribution in [1.82, 2.24) is 5.32 Å². The lowest BCUT2D eigenvalue weighted by Crippen LogP contribution is -2.54. The van der Waals surface area contributed by atoms with Crippen LogP contribution in [0.15, 0.2) is 72.8 Å². The Morgan fingerprint density at radius 3 is 2.52 bits per heavy atom. The van der Waals surface area contributed by atoms with Gasteiger partial charge in [0.1, 0.15) is 18.2 Å². The number of nitro groups is 1. The quantitative estimate of drug-likeness (QED) is 0.456.